The van der Waals surface area contributed by atoms with Crippen molar-refractivity contribution in [2.24, 2.45) is 0 Å². The second kappa shape index (κ2) is 9.40. The molecule has 0 aromatic heterocycles. The fourth-order valence-corrected chi connectivity index (χ4v) is 3.96. The highest BCUT2D eigenvalue weighted by atomic mass is 16.5. The van der Waals surface area contributed by atoms with E-state index in [2.05, 4.69) is 10.6 Å². The van der Waals surface area contributed by atoms with Crippen LogP contribution in [-0.4, -0.2) is 48.6 Å². The molecule has 2 aromatic carbocycles. The van der Waals surface area contributed by atoms with Gasteiger partial charge in [-0.15, -0.1) is 0 Å². The summed E-state index contributed by atoms with van der Waals surface area (Å²) in [7, 11) is 0. The SMILES string of the molecule is CC1(c2ccccc2)NC(=O)N(CC(=O)Nc2ccccc2OCC2CCCCO2)C1=O. The zero-order valence-electron chi connectivity index (χ0n) is 18.0. The summed E-state index contributed by atoms with van der Waals surface area (Å²) in [5.41, 5.74) is -0.0734. The first kappa shape index (κ1) is 21.8. The van der Waals surface area contributed by atoms with Crippen LogP contribution in [0.2, 0.25) is 0 Å². The highest BCUT2D eigenvalue weighted by Crippen LogP contribution is 2.29. The van der Waals surface area contributed by atoms with Crippen LogP contribution in [0.5, 0.6) is 5.75 Å². The third-order valence-corrected chi connectivity index (χ3v) is 5.79. The minimum Gasteiger partial charge on any atom is -0.489 e. The van der Waals surface area contributed by atoms with E-state index in [1.54, 1.807) is 49.4 Å². The average molecular weight is 437 g/mol. The quantitative estimate of drug-likeness (QED) is 0.649. The molecule has 2 unspecified atom stereocenters. The highest BCUT2D eigenvalue weighted by Gasteiger charge is 2.49. The lowest BCUT2D eigenvalue weighted by molar-refractivity contribution is -0.133. The van der Waals surface area contributed by atoms with Gasteiger partial charge in [-0.2, -0.15) is 0 Å². The lowest BCUT2D eigenvalue weighted by atomic mass is 9.92. The maximum Gasteiger partial charge on any atom is 0.325 e. The molecule has 2 atom stereocenters. The van der Waals surface area contributed by atoms with Crippen LogP contribution in [0.3, 0.4) is 0 Å². The Morgan fingerprint density at radius 3 is 2.66 bits per heavy atom. The molecule has 4 rings (SSSR count). The maximum atomic E-state index is 13.0. The Kier molecular flexibility index (Phi) is 6.41. The van der Waals surface area contributed by atoms with E-state index in [4.69, 9.17) is 9.47 Å². The van der Waals surface area contributed by atoms with Crippen LogP contribution in [-0.2, 0) is 19.9 Å². The van der Waals surface area contributed by atoms with Crippen molar-refractivity contribution in [3.63, 3.8) is 0 Å². The number of carbonyl (C=O) groups excluding carboxylic acids is 3. The number of urea groups is 1. The second-order valence-electron chi connectivity index (χ2n) is 8.16. The van der Waals surface area contributed by atoms with Gasteiger partial charge >= 0.3 is 6.03 Å². The summed E-state index contributed by atoms with van der Waals surface area (Å²) in [6.07, 6.45) is 3.16. The summed E-state index contributed by atoms with van der Waals surface area (Å²) in [4.78, 5) is 39.1. The van der Waals surface area contributed by atoms with E-state index < -0.39 is 29.9 Å². The van der Waals surface area contributed by atoms with E-state index in [1.807, 2.05) is 12.1 Å². The van der Waals surface area contributed by atoms with Gasteiger partial charge < -0.3 is 20.1 Å². The van der Waals surface area contributed by atoms with Gasteiger partial charge in [-0.05, 0) is 43.9 Å². The third kappa shape index (κ3) is 4.60. The Balaban J connectivity index is 1.40. The monoisotopic (exact) mass is 437 g/mol. The molecule has 2 aliphatic heterocycles. The van der Waals surface area contributed by atoms with Crippen molar-refractivity contribution < 1.29 is 23.9 Å². The molecule has 168 valence electrons. The van der Waals surface area contributed by atoms with Crippen molar-refractivity contribution in [2.75, 3.05) is 25.1 Å². The van der Waals surface area contributed by atoms with Crippen molar-refractivity contribution in [3.05, 3.63) is 60.2 Å². The van der Waals surface area contributed by atoms with Crippen LogP contribution in [0, 0.1) is 0 Å². The van der Waals surface area contributed by atoms with Crippen molar-refractivity contribution >= 4 is 23.5 Å². The first-order chi connectivity index (χ1) is 15.5. The topological polar surface area (TPSA) is 97.0 Å². The summed E-state index contributed by atoms with van der Waals surface area (Å²) >= 11 is 0. The molecule has 0 bridgehead atoms. The van der Waals surface area contributed by atoms with Gasteiger partial charge in [-0.25, -0.2) is 4.79 Å². The molecule has 0 saturated carbocycles. The van der Waals surface area contributed by atoms with Gasteiger partial charge in [0.2, 0.25) is 5.91 Å². The van der Waals surface area contributed by atoms with Crippen molar-refractivity contribution in [1.29, 1.82) is 0 Å². The number of nitrogens with one attached hydrogen (secondary N) is 2. The average Bonchev–Trinajstić information content (AvgIpc) is 3.03. The van der Waals surface area contributed by atoms with Crippen molar-refractivity contribution in [3.8, 4) is 5.75 Å². The molecule has 2 fully saturated rings. The number of rotatable bonds is 7. The Morgan fingerprint density at radius 2 is 1.91 bits per heavy atom. The van der Waals surface area contributed by atoms with Crippen LogP contribution in [0.4, 0.5) is 10.5 Å². The number of nitrogens with zero attached hydrogens (tertiary/aromatic N) is 1. The molecule has 2 N–H and O–H groups in total. The van der Waals surface area contributed by atoms with Crippen LogP contribution in [0.25, 0.3) is 0 Å². The molecule has 2 aliphatic rings. The number of carbonyl (C=O) groups is 3. The fraction of sp³-hybridized carbons (Fsp3) is 0.375. The van der Waals surface area contributed by atoms with Crippen LogP contribution >= 0.6 is 0 Å². The minimum absolute atomic E-state index is 0.0362. The largest absolute Gasteiger partial charge is 0.489 e. The molecule has 2 aromatic rings. The number of hydrogen-bond donors (Lipinski definition) is 2. The molecule has 32 heavy (non-hydrogen) atoms. The number of anilines is 1. The zero-order valence-corrected chi connectivity index (χ0v) is 18.0. The van der Waals surface area contributed by atoms with Gasteiger partial charge in [-0.1, -0.05) is 42.5 Å². The lowest BCUT2D eigenvalue weighted by Gasteiger charge is -2.23. The summed E-state index contributed by atoms with van der Waals surface area (Å²) in [6.45, 7) is 2.37. The van der Waals surface area contributed by atoms with Crippen molar-refractivity contribution in [1.82, 2.24) is 10.2 Å². The minimum atomic E-state index is -1.21. The summed E-state index contributed by atoms with van der Waals surface area (Å²) in [6, 6.07) is 15.4. The molecule has 8 nitrogen and oxygen atoms in total. The van der Waals surface area contributed by atoms with E-state index in [9.17, 15) is 14.4 Å². The van der Waals surface area contributed by atoms with E-state index in [0.717, 1.165) is 30.8 Å². The number of hydrogen-bond acceptors (Lipinski definition) is 5. The molecule has 2 heterocycles. The van der Waals surface area contributed by atoms with E-state index in [0.29, 0.717) is 23.6 Å². The molecule has 0 radical (unpaired) electrons. The fourth-order valence-electron chi connectivity index (χ4n) is 3.96. The number of benzene rings is 2. The van der Waals surface area contributed by atoms with Crippen LogP contribution < -0.4 is 15.4 Å². The van der Waals surface area contributed by atoms with Gasteiger partial charge in [0.05, 0.1) is 11.8 Å². The maximum absolute atomic E-state index is 13.0. The molecule has 0 spiro atoms. The predicted octanol–water partition coefficient (Wildman–Crippen LogP) is 3.04. The Bertz CT molecular complexity index is 990. The Hall–Kier alpha value is -3.39. The number of imide groups is 1. The summed E-state index contributed by atoms with van der Waals surface area (Å²) in [5.74, 6) is -0.444. The van der Waals surface area contributed by atoms with Gasteiger partial charge in [0.25, 0.3) is 5.91 Å². The molecular formula is C24H27N3O5. The summed E-state index contributed by atoms with van der Waals surface area (Å²) in [5, 5.41) is 5.46. The number of amides is 4. The van der Waals surface area contributed by atoms with Gasteiger partial charge in [-0.3, -0.25) is 14.5 Å². The molecular weight excluding hydrogens is 410 g/mol. The second-order valence-corrected chi connectivity index (χ2v) is 8.16. The van der Waals surface area contributed by atoms with E-state index in [-0.39, 0.29) is 6.10 Å². The zero-order chi connectivity index (χ0) is 22.6. The summed E-state index contributed by atoms with van der Waals surface area (Å²) < 4.78 is 11.6. The first-order valence-electron chi connectivity index (χ1n) is 10.8. The van der Waals surface area contributed by atoms with Gasteiger partial charge in [0.1, 0.15) is 24.4 Å². The predicted molar refractivity (Wildman–Crippen MR) is 118 cm³/mol. The van der Waals surface area contributed by atoms with Gasteiger partial charge in [0, 0.05) is 6.61 Å². The first-order valence-corrected chi connectivity index (χ1v) is 10.8. The van der Waals surface area contributed by atoms with Crippen LogP contribution in [0.15, 0.2) is 54.6 Å². The normalized spacial score (nSPS) is 23.0. The standard InChI is InChI=1S/C24H27N3O5/c1-24(17-9-3-2-4-10-17)22(29)27(23(30)26-24)15-21(28)25-19-12-5-6-13-20(19)32-16-18-11-7-8-14-31-18/h2-6,9-10,12-13,18H,7-8,11,14-16H2,1H3,(H,25,28)(H,26,30). The Morgan fingerprint density at radius 1 is 1.16 bits per heavy atom. The van der Waals surface area contributed by atoms with Gasteiger partial charge in [0.15, 0.2) is 0 Å². The van der Waals surface area contributed by atoms with E-state index >= 15 is 0 Å². The lowest BCUT2D eigenvalue weighted by Crippen LogP contribution is -2.42. The van der Waals surface area contributed by atoms with Crippen molar-refractivity contribution in [2.45, 2.75) is 37.8 Å². The third-order valence-electron chi connectivity index (χ3n) is 5.79. The number of ether oxygens (including phenoxy) is 2. The molecule has 0 aliphatic carbocycles. The number of para-hydroxylation sites is 2. The molecule has 2 saturated heterocycles. The van der Waals surface area contributed by atoms with Crippen LogP contribution in [0.1, 0.15) is 31.7 Å². The molecule has 4 amide bonds. The molecule has 8 heteroatoms. The Labute approximate surface area is 186 Å². The highest BCUT2D eigenvalue weighted by molar-refractivity contribution is 6.10. The smallest absolute Gasteiger partial charge is 0.325 e. The van der Waals surface area contributed by atoms with E-state index in [1.165, 1.54) is 0 Å².